The Morgan fingerprint density at radius 3 is 2.85 bits per heavy atom. The van der Waals surface area contributed by atoms with Gasteiger partial charge in [0.15, 0.2) is 5.11 Å². The number of hydrogen-bond donors (Lipinski definition) is 2. The zero-order chi connectivity index (χ0) is 19.6. The van der Waals surface area contributed by atoms with Gasteiger partial charge in [-0.3, -0.25) is 15.5 Å². The summed E-state index contributed by atoms with van der Waals surface area (Å²) >= 11 is 12.8. The van der Waals surface area contributed by atoms with Crippen LogP contribution >= 0.6 is 35.6 Å². The number of nitro benzene ring substituents is 1. The van der Waals surface area contributed by atoms with Gasteiger partial charge in [-0.25, -0.2) is 4.39 Å². The summed E-state index contributed by atoms with van der Waals surface area (Å²) in [7, 11) is 0. The number of nitrogens with one attached hydrogen (secondary N) is 1. The van der Waals surface area contributed by atoms with Crippen LogP contribution in [-0.2, 0) is 0 Å². The predicted molar refractivity (Wildman–Crippen MR) is 109 cm³/mol. The highest BCUT2D eigenvalue weighted by atomic mass is 35.5. The molecule has 3 N–H and O–H groups in total. The van der Waals surface area contributed by atoms with E-state index in [1.807, 2.05) is 0 Å². The standard InChI is InChI=1S/C17H12ClFN4O2S2/c18-15-12-7-10(19)4-5-14(12)27-8-13(15)16(21-22-17(20)26)9-2-1-3-11(6-9)23(24)25/h1-7H,8H2,(H3,20,22,26). The fourth-order valence-corrected chi connectivity index (χ4v) is 4.09. The fraction of sp³-hybridized carbons (Fsp3) is 0.0588. The van der Waals surface area contributed by atoms with Crippen LogP contribution in [0.1, 0.15) is 11.1 Å². The summed E-state index contributed by atoms with van der Waals surface area (Å²) in [5, 5.41) is 15.6. The predicted octanol–water partition coefficient (Wildman–Crippen LogP) is 4.03. The molecular formula is C17H12ClFN4O2S2. The first-order valence-electron chi connectivity index (χ1n) is 7.56. The molecule has 0 unspecified atom stereocenters. The largest absolute Gasteiger partial charge is 0.375 e. The lowest BCUT2D eigenvalue weighted by molar-refractivity contribution is -0.384. The number of thioether (sulfide) groups is 1. The Labute approximate surface area is 168 Å². The molecule has 1 heterocycles. The van der Waals surface area contributed by atoms with Gasteiger partial charge in [0.1, 0.15) is 5.82 Å². The van der Waals surface area contributed by atoms with Crippen molar-refractivity contribution in [2.75, 3.05) is 5.75 Å². The van der Waals surface area contributed by atoms with Crippen LogP contribution in [0.2, 0.25) is 0 Å². The van der Waals surface area contributed by atoms with Gasteiger partial charge in [0, 0.05) is 39.5 Å². The first-order chi connectivity index (χ1) is 12.9. The van der Waals surface area contributed by atoms with Crippen molar-refractivity contribution in [2.24, 2.45) is 10.8 Å². The summed E-state index contributed by atoms with van der Waals surface area (Å²) in [5.74, 6) is 0.0294. The van der Waals surface area contributed by atoms with Crippen LogP contribution in [0, 0.1) is 15.9 Å². The van der Waals surface area contributed by atoms with Crippen LogP contribution < -0.4 is 11.2 Å². The van der Waals surface area contributed by atoms with Crippen molar-refractivity contribution in [1.82, 2.24) is 5.43 Å². The summed E-state index contributed by atoms with van der Waals surface area (Å²) in [5.41, 5.74) is 9.79. The molecule has 0 aromatic heterocycles. The SMILES string of the molecule is NC(=S)NN=C(C1=C(Cl)c2cc(F)ccc2SC1)c1cccc([N+](=O)[O-])c1. The topological polar surface area (TPSA) is 93.5 Å². The number of thiocarbonyl (C=S) groups is 1. The van der Waals surface area contributed by atoms with Gasteiger partial charge in [-0.2, -0.15) is 5.10 Å². The number of halogens is 2. The van der Waals surface area contributed by atoms with E-state index >= 15 is 0 Å². The molecule has 0 atom stereocenters. The lowest BCUT2D eigenvalue weighted by atomic mass is 10.00. The van der Waals surface area contributed by atoms with Gasteiger partial charge in [-0.05, 0) is 30.4 Å². The van der Waals surface area contributed by atoms with Crippen molar-refractivity contribution < 1.29 is 9.31 Å². The lowest BCUT2D eigenvalue weighted by Gasteiger charge is -2.21. The molecular weight excluding hydrogens is 411 g/mol. The van der Waals surface area contributed by atoms with Crippen LogP contribution in [0.5, 0.6) is 0 Å². The Kier molecular flexibility index (Phi) is 5.73. The number of non-ortho nitro benzene ring substituents is 1. The molecule has 10 heteroatoms. The third-order valence-electron chi connectivity index (χ3n) is 3.71. The average Bonchev–Trinajstić information content (AvgIpc) is 2.64. The molecule has 0 saturated heterocycles. The summed E-state index contributed by atoms with van der Waals surface area (Å²) < 4.78 is 13.7. The van der Waals surface area contributed by atoms with E-state index in [1.54, 1.807) is 18.2 Å². The number of nitrogens with two attached hydrogens (primary N) is 1. The first kappa shape index (κ1) is 19.3. The first-order valence-corrected chi connectivity index (χ1v) is 9.33. The number of nitro groups is 1. The van der Waals surface area contributed by atoms with E-state index < -0.39 is 10.7 Å². The second-order valence-corrected chi connectivity index (χ2v) is 7.30. The number of hydrazone groups is 1. The molecule has 0 amide bonds. The smallest absolute Gasteiger partial charge is 0.270 e. The summed E-state index contributed by atoms with van der Waals surface area (Å²) in [6.07, 6.45) is 0. The zero-order valence-corrected chi connectivity index (χ0v) is 16.0. The summed E-state index contributed by atoms with van der Waals surface area (Å²) in [6, 6.07) is 10.3. The summed E-state index contributed by atoms with van der Waals surface area (Å²) in [6.45, 7) is 0. The Morgan fingerprint density at radius 1 is 1.37 bits per heavy atom. The number of fused-ring (bicyclic) bond motifs is 1. The lowest BCUT2D eigenvalue weighted by Crippen LogP contribution is -2.26. The molecule has 1 aliphatic heterocycles. The average molecular weight is 423 g/mol. The number of benzene rings is 2. The van der Waals surface area contributed by atoms with Gasteiger partial charge in [0.2, 0.25) is 0 Å². The second-order valence-electron chi connectivity index (χ2n) is 5.47. The van der Waals surface area contributed by atoms with E-state index in [4.69, 9.17) is 29.6 Å². The Morgan fingerprint density at radius 2 is 2.15 bits per heavy atom. The highest BCUT2D eigenvalue weighted by molar-refractivity contribution is 7.99. The Bertz CT molecular complexity index is 1010. The number of rotatable bonds is 4. The molecule has 0 bridgehead atoms. The van der Waals surface area contributed by atoms with Crippen molar-refractivity contribution in [3.8, 4) is 0 Å². The number of hydrogen-bond acceptors (Lipinski definition) is 5. The van der Waals surface area contributed by atoms with Crippen LogP contribution in [0.4, 0.5) is 10.1 Å². The molecule has 2 aromatic rings. The van der Waals surface area contributed by atoms with Gasteiger partial charge in [-0.1, -0.05) is 23.7 Å². The van der Waals surface area contributed by atoms with Crippen LogP contribution in [-0.4, -0.2) is 21.5 Å². The van der Waals surface area contributed by atoms with Crippen LogP contribution in [0.25, 0.3) is 5.03 Å². The molecule has 6 nitrogen and oxygen atoms in total. The molecule has 0 fully saturated rings. The number of nitrogens with zero attached hydrogens (tertiary/aromatic N) is 2. The van der Waals surface area contributed by atoms with Gasteiger partial charge < -0.3 is 5.73 Å². The highest BCUT2D eigenvalue weighted by Crippen LogP contribution is 2.40. The molecule has 0 aliphatic carbocycles. The Balaban J connectivity index is 2.16. The van der Waals surface area contributed by atoms with E-state index in [9.17, 15) is 14.5 Å². The third kappa shape index (κ3) is 4.26. The second kappa shape index (κ2) is 8.03. The minimum absolute atomic E-state index is 0.0652. The quantitative estimate of drug-likeness (QED) is 0.334. The normalized spacial score (nSPS) is 13.9. The monoisotopic (exact) mass is 422 g/mol. The van der Waals surface area contributed by atoms with Crippen molar-refractivity contribution in [3.63, 3.8) is 0 Å². The van der Waals surface area contributed by atoms with E-state index in [-0.39, 0.29) is 10.8 Å². The molecule has 138 valence electrons. The van der Waals surface area contributed by atoms with Gasteiger partial charge in [0.25, 0.3) is 5.69 Å². The van der Waals surface area contributed by atoms with Crippen molar-refractivity contribution in [1.29, 1.82) is 0 Å². The maximum absolute atomic E-state index is 13.7. The maximum atomic E-state index is 13.7. The van der Waals surface area contributed by atoms with E-state index in [0.717, 1.165) is 4.90 Å². The van der Waals surface area contributed by atoms with Crippen LogP contribution in [0.3, 0.4) is 0 Å². The molecule has 3 rings (SSSR count). The minimum atomic E-state index is -0.502. The zero-order valence-electron chi connectivity index (χ0n) is 13.6. The van der Waals surface area contributed by atoms with Crippen LogP contribution in [0.15, 0.2) is 58.0 Å². The van der Waals surface area contributed by atoms with Gasteiger partial charge in [-0.15, -0.1) is 11.8 Å². The molecule has 1 aliphatic rings. The minimum Gasteiger partial charge on any atom is -0.375 e. The van der Waals surface area contributed by atoms with Gasteiger partial charge in [0.05, 0.1) is 15.7 Å². The third-order valence-corrected chi connectivity index (χ3v) is 5.33. The molecule has 0 saturated carbocycles. The van der Waals surface area contributed by atoms with Crippen molar-refractivity contribution >= 4 is 57.1 Å². The molecule has 2 aromatic carbocycles. The fourth-order valence-electron chi connectivity index (χ4n) is 2.53. The highest BCUT2D eigenvalue weighted by Gasteiger charge is 2.24. The van der Waals surface area contributed by atoms with E-state index in [2.05, 4.69) is 10.5 Å². The molecule has 27 heavy (non-hydrogen) atoms. The van der Waals surface area contributed by atoms with E-state index in [1.165, 1.54) is 36.0 Å². The van der Waals surface area contributed by atoms with E-state index in [0.29, 0.717) is 33.2 Å². The molecule has 0 radical (unpaired) electrons. The van der Waals surface area contributed by atoms with Gasteiger partial charge >= 0.3 is 0 Å². The van der Waals surface area contributed by atoms with Crippen molar-refractivity contribution in [2.45, 2.75) is 4.90 Å². The summed E-state index contributed by atoms with van der Waals surface area (Å²) in [4.78, 5) is 11.4. The molecule has 0 spiro atoms. The van der Waals surface area contributed by atoms with Crippen molar-refractivity contribution in [3.05, 3.63) is 75.1 Å². The Hall–Kier alpha value is -2.49. The maximum Gasteiger partial charge on any atom is 0.270 e.